The van der Waals surface area contributed by atoms with Crippen LogP contribution in [0.15, 0.2) is 10.6 Å². The van der Waals surface area contributed by atoms with Crippen LogP contribution in [0.2, 0.25) is 0 Å². The van der Waals surface area contributed by atoms with E-state index >= 15 is 0 Å². The van der Waals surface area contributed by atoms with Gasteiger partial charge >= 0.3 is 0 Å². The maximum atomic E-state index is 12.6. The number of carbonyl (C=O) groups is 2. The van der Waals surface area contributed by atoms with E-state index in [9.17, 15) is 9.59 Å². The van der Waals surface area contributed by atoms with Gasteiger partial charge in [-0.15, -0.1) is 0 Å². The Morgan fingerprint density at radius 1 is 1.32 bits per heavy atom. The van der Waals surface area contributed by atoms with Crippen molar-refractivity contribution in [2.45, 2.75) is 31.9 Å². The molecule has 1 aromatic rings. The highest BCUT2D eigenvalue weighted by molar-refractivity contribution is 5.91. The second kappa shape index (κ2) is 7.83. The van der Waals surface area contributed by atoms with Gasteiger partial charge in [-0.05, 0) is 13.3 Å². The number of nitrogens with zero attached hydrogens (tertiary/aromatic N) is 3. The number of anilines is 1. The molecule has 25 heavy (non-hydrogen) atoms. The van der Waals surface area contributed by atoms with E-state index in [1.807, 2.05) is 6.92 Å². The van der Waals surface area contributed by atoms with E-state index < -0.39 is 0 Å². The lowest BCUT2D eigenvalue weighted by molar-refractivity contribution is -0.140. The number of oxazole rings is 1. The molecule has 1 aromatic heterocycles. The molecule has 3 rings (SSSR count). The van der Waals surface area contributed by atoms with Crippen LogP contribution in [0.1, 0.15) is 30.3 Å². The summed E-state index contributed by atoms with van der Waals surface area (Å²) in [6, 6.07) is -0.0387. The summed E-state index contributed by atoms with van der Waals surface area (Å²) < 4.78 is 16.0. The second-order valence-electron chi connectivity index (χ2n) is 6.35. The molecule has 0 saturated carbocycles. The highest BCUT2D eigenvalue weighted by Gasteiger charge is 2.30. The first-order valence-corrected chi connectivity index (χ1v) is 8.54. The number of nitrogen functional groups attached to an aromatic ring is 1. The summed E-state index contributed by atoms with van der Waals surface area (Å²) in [6.07, 6.45) is 2.15. The van der Waals surface area contributed by atoms with Crippen LogP contribution >= 0.6 is 0 Å². The monoisotopic (exact) mass is 352 g/mol. The lowest BCUT2D eigenvalue weighted by Gasteiger charge is -2.26. The Kier molecular flexibility index (Phi) is 5.54. The molecule has 0 aromatic carbocycles. The minimum absolute atomic E-state index is 0.00844. The molecule has 9 nitrogen and oxygen atoms in total. The predicted molar refractivity (Wildman–Crippen MR) is 87.8 cm³/mol. The molecule has 0 bridgehead atoms. The predicted octanol–water partition coefficient (Wildman–Crippen LogP) is 0.125. The largest absolute Gasteiger partial charge is 0.418 e. The van der Waals surface area contributed by atoms with Crippen molar-refractivity contribution >= 4 is 17.8 Å². The van der Waals surface area contributed by atoms with E-state index in [0.717, 1.165) is 0 Å². The molecule has 2 aliphatic rings. The lowest BCUT2D eigenvalue weighted by atomic mass is 10.2. The molecule has 0 radical (unpaired) electrons. The first kappa shape index (κ1) is 17.7. The summed E-state index contributed by atoms with van der Waals surface area (Å²) in [6.45, 7) is 5.04. The van der Waals surface area contributed by atoms with E-state index in [4.69, 9.17) is 19.6 Å². The van der Waals surface area contributed by atoms with Gasteiger partial charge in [0.05, 0.1) is 38.5 Å². The number of hydrogen-bond acceptors (Lipinski definition) is 7. The van der Waals surface area contributed by atoms with Crippen molar-refractivity contribution in [1.82, 2.24) is 14.8 Å². The summed E-state index contributed by atoms with van der Waals surface area (Å²) in [5.74, 6) is -0.104. The number of carbonyl (C=O) groups excluding carboxylic acids is 2. The van der Waals surface area contributed by atoms with Crippen LogP contribution in [0.25, 0.3) is 0 Å². The number of hydrogen-bond donors (Lipinski definition) is 1. The molecule has 2 amide bonds. The van der Waals surface area contributed by atoms with E-state index in [1.54, 1.807) is 9.80 Å². The summed E-state index contributed by atoms with van der Waals surface area (Å²) in [5.41, 5.74) is 5.44. The molecule has 0 aliphatic carbocycles. The van der Waals surface area contributed by atoms with Crippen LogP contribution in [0.5, 0.6) is 0 Å². The molecule has 2 N–H and O–H groups in total. The van der Waals surface area contributed by atoms with Gasteiger partial charge in [0.15, 0.2) is 0 Å². The highest BCUT2D eigenvalue weighted by Crippen LogP contribution is 2.17. The zero-order chi connectivity index (χ0) is 17.8. The van der Waals surface area contributed by atoms with Crippen molar-refractivity contribution < 1.29 is 23.5 Å². The molecular weight excluding hydrogens is 328 g/mol. The van der Waals surface area contributed by atoms with Crippen molar-refractivity contribution in [2.75, 3.05) is 45.2 Å². The Balaban J connectivity index is 1.58. The van der Waals surface area contributed by atoms with Crippen LogP contribution < -0.4 is 5.73 Å². The Hall–Kier alpha value is -2.13. The highest BCUT2D eigenvalue weighted by atomic mass is 16.6. The van der Waals surface area contributed by atoms with Gasteiger partial charge in [0.2, 0.25) is 11.7 Å². The summed E-state index contributed by atoms with van der Waals surface area (Å²) >= 11 is 0. The van der Waals surface area contributed by atoms with Gasteiger partial charge in [-0.1, -0.05) is 0 Å². The minimum atomic E-state index is -0.255. The number of nitrogens with two attached hydrogens (primary N) is 1. The van der Waals surface area contributed by atoms with Crippen LogP contribution in [-0.4, -0.2) is 78.2 Å². The van der Waals surface area contributed by atoms with E-state index in [0.29, 0.717) is 52.3 Å². The molecule has 2 atom stereocenters. The van der Waals surface area contributed by atoms with Gasteiger partial charge in [-0.3, -0.25) is 9.59 Å². The van der Waals surface area contributed by atoms with Gasteiger partial charge in [0.25, 0.3) is 11.9 Å². The Morgan fingerprint density at radius 3 is 2.84 bits per heavy atom. The third-order valence-electron chi connectivity index (χ3n) is 4.59. The first-order valence-electron chi connectivity index (χ1n) is 8.54. The van der Waals surface area contributed by atoms with Gasteiger partial charge < -0.3 is 29.4 Å². The number of rotatable bonds is 3. The van der Waals surface area contributed by atoms with Crippen molar-refractivity contribution in [3.05, 3.63) is 12.0 Å². The van der Waals surface area contributed by atoms with Crippen molar-refractivity contribution in [2.24, 2.45) is 0 Å². The number of amides is 2. The maximum absolute atomic E-state index is 12.6. The zero-order valence-electron chi connectivity index (χ0n) is 14.3. The van der Waals surface area contributed by atoms with Crippen molar-refractivity contribution in [3.63, 3.8) is 0 Å². The Labute approximate surface area is 146 Å². The Morgan fingerprint density at radius 2 is 2.16 bits per heavy atom. The van der Waals surface area contributed by atoms with E-state index in [-0.39, 0.29) is 35.7 Å². The SMILES string of the molecule is CC1CCN(C(=O)CC2COCCO2)CCN1C(=O)c1cnc(N)o1. The lowest BCUT2D eigenvalue weighted by Crippen LogP contribution is -2.41. The quantitative estimate of drug-likeness (QED) is 0.823. The fourth-order valence-electron chi connectivity index (χ4n) is 3.12. The molecule has 138 valence electrons. The first-order chi connectivity index (χ1) is 12.0. The third-order valence-corrected chi connectivity index (χ3v) is 4.59. The zero-order valence-corrected chi connectivity index (χ0v) is 14.3. The normalized spacial score (nSPS) is 24.8. The van der Waals surface area contributed by atoms with Gasteiger partial charge in [-0.2, -0.15) is 0 Å². The number of ether oxygens (including phenoxy) is 2. The Bertz CT molecular complexity index is 613. The topological polar surface area (TPSA) is 111 Å². The molecule has 2 unspecified atom stereocenters. The minimum Gasteiger partial charge on any atom is -0.418 e. The van der Waals surface area contributed by atoms with E-state index in [2.05, 4.69) is 4.98 Å². The van der Waals surface area contributed by atoms with Gasteiger partial charge in [-0.25, -0.2) is 4.98 Å². The smallest absolute Gasteiger partial charge is 0.292 e. The molecule has 2 fully saturated rings. The van der Waals surface area contributed by atoms with Crippen LogP contribution in [0.4, 0.5) is 6.01 Å². The summed E-state index contributed by atoms with van der Waals surface area (Å²) in [7, 11) is 0. The fraction of sp³-hybridized carbons (Fsp3) is 0.688. The molecule has 2 saturated heterocycles. The molecule has 3 heterocycles. The number of aromatic nitrogens is 1. The summed E-state index contributed by atoms with van der Waals surface area (Å²) in [5, 5.41) is 0. The average Bonchev–Trinajstić information content (AvgIpc) is 2.94. The molecular formula is C16H24N4O5. The van der Waals surface area contributed by atoms with Crippen LogP contribution in [0, 0.1) is 0 Å². The second-order valence-corrected chi connectivity index (χ2v) is 6.35. The van der Waals surface area contributed by atoms with Crippen molar-refractivity contribution in [1.29, 1.82) is 0 Å². The van der Waals surface area contributed by atoms with Crippen LogP contribution in [-0.2, 0) is 14.3 Å². The summed E-state index contributed by atoms with van der Waals surface area (Å²) in [4.78, 5) is 32.3. The third kappa shape index (κ3) is 4.29. The van der Waals surface area contributed by atoms with Crippen LogP contribution in [0.3, 0.4) is 0 Å². The van der Waals surface area contributed by atoms with Crippen molar-refractivity contribution in [3.8, 4) is 0 Å². The van der Waals surface area contributed by atoms with Gasteiger partial charge in [0, 0.05) is 25.7 Å². The van der Waals surface area contributed by atoms with E-state index in [1.165, 1.54) is 6.20 Å². The average molecular weight is 352 g/mol. The molecule has 9 heteroatoms. The maximum Gasteiger partial charge on any atom is 0.292 e. The standard InChI is InChI=1S/C16H24N4O5/c1-11-2-3-19(14(21)8-12-10-23-6-7-24-12)4-5-20(11)15(22)13-9-18-16(17)25-13/h9,11-12H,2-8,10H2,1H3,(H2,17,18). The molecule has 0 spiro atoms. The fourth-order valence-corrected chi connectivity index (χ4v) is 3.12. The van der Waals surface area contributed by atoms with Gasteiger partial charge in [0.1, 0.15) is 0 Å². The molecule has 2 aliphatic heterocycles.